The lowest BCUT2D eigenvalue weighted by Gasteiger charge is -2.37. The van der Waals surface area contributed by atoms with Crippen LogP contribution >= 0.6 is 0 Å². The molecule has 0 N–H and O–H groups in total. The van der Waals surface area contributed by atoms with Gasteiger partial charge < -0.3 is 9.47 Å². The Hall–Kier alpha value is -1.61. The van der Waals surface area contributed by atoms with E-state index in [-0.39, 0.29) is 24.4 Å². The minimum atomic E-state index is -0.438. The summed E-state index contributed by atoms with van der Waals surface area (Å²) in [6.45, 7) is 8.69. The number of rotatable bonds is 3. The van der Waals surface area contributed by atoms with Gasteiger partial charge in [-0.1, -0.05) is 32.0 Å². The first-order valence-electron chi connectivity index (χ1n) is 8.01. The van der Waals surface area contributed by atoms with Gasteiger partial charge in [0.1, 0.15) is 11.4 Å². The van der Waals surface area contributed by atoms with E-state index in [2.05, 4.69) is 39.0 Å². The van der Waals surface area contributed by atoms with Crippen molar-refractivity contribution in [3.63, 3.8) is 0 Å². The summed E-state index contributed by atoms with van der Waals surface area (Å²) in [6, 6.07) is 6.61. The van der Waals surface area contributed by atoms with E-state index in [1.165, 1.54) is 16.7 Å². The fourth-order valence-corrected chi connectivity index (χ4v) is 3.58. The van der Waals surface area contributed by atoms with Crippen LogP contribution in [0.1, 0.15) is 37.0 Å². The normalized spacial score (nSPS) is 28.8. The van der Waals surface area contributed by atoms with Gasteiger partial charge in [0.15, 0.2) is 12.6 Å². The predicted octanol–water partition coefficient (Wildman–Crippen LogP) is 3.72. The van der Waals surface area contributed by atoms with Gasteiger partial charge in [-0.3, -0.25) is 4.79 Å². The van der Waals surface area contributed by atoms with Crippen molar-refractivity contribution in [2.45, 2.75) is 46.1 Å². The summed E-state index contributed by atoms with van der Waals surface area (Å²) in [5, 5.41) is 0. The summed E-state index contributed by atoms with van der Waals surface area (Å²) in [5.74, 6) is 1.13. The first kappa shape index (κ1) is 15.3. The van der Waals surface area contributed by atoms with E-state index in [0.29, 0.717) is 6.42 Å². The molecule has 1 aromatic rings. The van der Waals surface area contributed by atoms with Crippen LogP contribution in [-0.2, 0) is 20.7 Å². The van der Waals surface area contributed by atoms with Gasteiger partial charge in [0.05, 0.1) is 0 Å². The van der Waals surface area contributed by atoms with Crippen LogP contribution in [0.2, 0.25) is 0 Å². The zero-order valence-electron chi connectivity index (χ0n) is 13.8. The molecule has 0 spiro atoms. The van der Waals surface area contributed by atoms with Crippen molar-refractivity contribution in [1.82, 2.24) is 0 Å². The molecule has 1 saturated heterocycles. The lowest BCUT2D eigenvalue weighted by molar-refractivity contribution is -0.122. The Balaban J connectivity index is 1.87. The molecule has 3 rings (SSSR count). The maximum atomic E-state index is 11.9. The zero-order chi connectivity index (χ0) is 15.9. The molecule has 1 aliphatic heterocycles. The number of ether oxygens (including phenoxy) is 2. The van der Waals surface area contributed by atoms with Crippen LogP contribution in [0, 0.1) is 25.7 Å². The molecular weight excluding hydrogens is 276 g/mol. The quantitative estimate of drug-likeness (QED) is 0.853. The second-order valence-corrected chi connectivity index (χ2v) is 6.84. The third-order valence-electron chi connectivity index (χ3n) is 5.23. The minimum absolute atomic E-state index is 0.00680. The number of aryl methyl sites for hydroxylation is 2. The van der Waals surface area contributed by atoms with Crippen molar-refractivity contribution in [1.29, 1.82) is 0 Å². The Labute approximate surface area is 132 Å². The van der Waals surface area contributed by atoms with E-state index in [0.717, 1.165) is 12.2 Å². The number of allylic oxidation sites excluding steroid dienone is 1. The summed E-state index contributed by atoms with van der Waals surface area (Å²) in [7, 11) is 0. The summed E-state index contributed by atoms with van der Waals surface area (Å²) in [4.78, 5) is 11.9. The number of benzene rings is 1. The Bertz CT molecular complexity index is 632. The molecule has 2 aliphatic rings. The van der Waals surface area contributed by atoms with Crippen LogP contribution < -0.4 is 0 Å². The molecular formula is C19H24O3. The topological polar surface area (TPSA) is 35.5 Å². The van der Waals surface area contributed by atoms with Gasteiger partial charge in [0.25, 0.3) is 0 Å². The highest BCUT2D eigenvalue weighted by Crippen LogP contribution is 2.45. The van der Waals surface area contributed by atoms with Crippen molar-refractivity contribution < 1.29 is 14.3 Å². The van der Waals surface area contributed by atoms with Crippen molar-refractivity contribution >= 4 is 5.78 Å². The van der Waals surface area contributed by atoms with E-state index in [1.54, 1.807) is 6.08 Å². The number of hydrogen-bond donors (Lipinski definition) is 0. The average molecular weight is 300 g/mol. The number of fused-ring (bicyclic) bond motifs is 1. The van der Waals surface area contributed by atoms with E-state index < -0.39 is 5.60 Å². The lowest BCUT2D eigenvalue weighted by atomic mass is 9.73. The van der Waals surface area contributed by atoms with Crippen molar-refractivity contribution in [3.8, 4) is 0 Å². The molecule has 1 fully saturated rings. The summed E-state index contributed by atoms with van der Waals surface area (Å²) in [5.41, 5.74) is 3.50. The van der Waals surface area contributed by atoms with Gasteiger partial charge >= 0.3 is 0 Å². The molecule has 118 valence electrons. The van der Waals surface area contributed by atoms with Gasteiger partial charge in [-0.2, -0.15) is 0 Å². The van der Waals surface area contributed by atoms with Crippen molar-refractivity contribution in [3.05, 3.63) is 46.7 Å². The Morgan fingerprint density at radius 1 is 1.32 bits per heavy atom. The molecule has 3 nitrogen and oxygen atoms in total. The van der Waals surface area contributed by atoms with Crippen molar-refractivity contribution in [2.24, 2.45) is 11.8 Å². The molecule has 3 atom stereocenters. The van der Waals surface area contributed by atoms with Crippen LogP contribution in [0.25, 0.3) is 0 Å². The number of carbonyl (C=O) groups excluding carboxylic acids is 1. The molecule has 0 amide bonds. The van der Waals surface area contributed by atoms with E-state index in [4.69, 9.17) is 9.47 Å². The van der Waals surface area contributed by atoms with E-state index in [1.807, 2.05) is 6.92 Å². The molecule has 3 heteroatoms. The van der Waals surface area contributed by atoms with Gasteiger partial charge in [-0.05, 0) is 49.3 Å². The Kier molecular flexibility index (Phi) is 3.85. The number of carbonyl (C=O) groups is 1. The fourth-order valence-electron chi connectivity index (χ4n) is 3.58. The first-order valence-corrected chi connectivity index (χ1v) is 8.01. The molecule has 0 saturated carbocycles. The predicted molar refractivity (Wildman–Crippen MR) is 85.4 cm³/mol. The third kappa shape index (κ3) is 2.48. The lowest BCUT2D eigenvalue weighted by Crippen LogP contribution is -2.44. The van der Waals surface area contributed by atoms with Gasteiger partial charge in [-0.25, -0.2) is 0 Å². The summed E-state index contributed by atoms with van der Waals surface area (Å²) in [6.07, 6.45) is 3.28. The van der Waals surface area contributed by atoms with E-state index in [9.17, 15) is 4.79 Å². The average Bonchev–Trinajstić information content (AvgIpc) is 2.87. The van der Waals surface area contributed by atoms with Crippen LogP contribution in [0.5, 0.6) is 0 Å². The highest BCUT2D eigenvalue weighted by molar-refractivity contribution is 5.93. The molecule has 0 bridgehead atoms. The number of hydrogen-bond acceptors (Lipinski definition) is 3. The Morgan fingerprint density at radius 3 is 2.82 bits per heavy atom. The molecule has 0 aromatic heterocycles. The molecule has 1 aromatic carbocycles. The minimum Gasteiger partial charge on any atom is -0.469 e. The van der Waals surface area contributed by atoms with Crippen LogP contribution in [-0.4, -0.2) is 18.2 Å². The molecule has 22 heavy (non-hydrogen) atoms. The molecule has 1 heterocycles. The summed E-state index contributed by atoms with van der Waals surface area (Å²) >= 11 is 0. The second-order valence-electron chi connectivity index (χ2n) is 6.84. The first-order chi connectivity index (χ1) is 10.4. The van der Waals surface area contributed by atoms with Gasteiger partial charge in [0.2, 0.25) is 0 Å². The van der Waals surface area contributed by atoms with Crippen molar-refractivity contribution in [2.75, 3.05) is 6.79 Å². The molecule has 0 radical (unpaired) electrons. The zero-order valence-corrected chi connectivity index (χ0v) is 13.8. The van der Waals surface area contributed by atoms with Gasteiger partial charge in [-0.15, -0.1) is 0 Å². The smallest absolute Gasteiger partial charge is 0.189 e. The second kappa shape index (κ2) is 5.54. The number of ketones is 1. The standard InChI is InChI=1S/C19H24O3/c1-12-5-6-16(7-13(12)2)8-15(4)19-10-14(3)17(20)9-18(19)21-11-22-19/h5-7,9,14-15H,8,10-11H2,1-4H3/t14-,15?,19-/m1/s1. The molecule has 1 unspecified atom stereocenters. The largest absolute Gasteiger partial charge is 0.469 e. The Morgan fingerprint density at radius 2 is 2.09 bits per heavy atom. The maximum Gasteiger partial charge on any atom is 0.189 e. The SMILES string of the molecule is Cc1ccc(CC(C)[C@]23C[C@@H](C)C(=O)C=C2OCO3)cc1C. The highest BCUT2D eigenvalue weighted by atomic mass is 16.7. The van der Waals surface area contributed by atoms with Crippen LogP contribution in [0.3, 0.4) is 0 Å². The molecule has 1 aliphatic carbocycles. The maximum absolute atomic E-state index is 11.9. The third-order valence-corrected chi connectivity index (χ3v) is 5.23. The fraction of sp³-hybridized carbons (Fsp3) is 0.526. The van der Waals surface area contributed by atoms with E-state index >= 15 is 0 Å². The van der Waals surface area contributed by atoms with Gasteiger partial charge in [0, 0.05) is 12.0 Å². The summed E-state index contributed by atoms with van der Waals surface area (Å²) < 4.78 is 11.6. The van der Waals surface area contributed by atoms with Crippen LogP contribution in [0.4, 0.5) is 0 Å². The highest BCUT2D eigenvalue weighted by Gasteiger charge is 2.50. The van der Waals surface area contributed by atoms with Crippen LogP contribution in [0.15, 0.2) is 30.0 Å². The monoisotopic (exact) mass is 300 g/mol.